The molecule has 0 amide bonds. The first-order valence-corrected chi connectivity index (χ1v) is 17.7. The van der Waals surface area contributed by atoms with Crippen molar-refractivity contribution >= 4 is 67.0 Å². The van der Waals surface area contributed by atoms with Gasteiger partial charge in [-0.25, -0.2) is 0 Å². The fourth-order valence-electron chi connectivity index (χ4n) is 6.38. The van der Waals surface area contributed by atoms with Crippen LogP contribution in [0, 0.1) is 20.8 Å². The van der Waals surface area contributed by atoms with Crippen molar-refractivity contribution < 1.29 is 24.4 Å². The summed E-state index contributed by atoms with van der Waals surface area (Å²) in [6.07, 6.45) is 0. The average Bonchev–Trinajstić information content (AvgIpc) is 3.20. The van der Waals surface area contributed by atoms with E-state index in [1.165, 1.54) is 38.8 Å². The summed E-state index contributed by atoms with van der Waals surface area (Å²) in [5.41, 5.74) is 6.88. The number of aryl methyl sites for hydroxylation is 3. The van der Waals surface area contributed by atoms with Crippen LogP contribution in [0.1, 0.15) is 16.7 Å². The topological polar surface area (TPSA) is 154 Å². The highest BCUT2D eigenvalue weighted by molar-refractivity contribution is 5.96. The number of phenolic OH excluding ortho intramolecular Hbond substituents is 2. The van der Waals surface area contributed by atoms with Crippen LogP contribution in [-0.2, 0) is 0 Å². The van der Waals surface area contributed by atoms with Crippen LogP contribution < -0.4 is 19.5 Å². The van der Waals surface area contributed by atoms with Gasteiger partial charge in [0.25, 0.3) is 0 Å². The summed E-state index contributed by atoms with van der Waals surface area (Å²) in [6, 6.07) is 33.8. The molecule has 0 fully saturated rings. The van der Waals surface area contributed by atoms with Crippen LogP contribution in [0.15, 0.2) is 140 Å². The van der Waals surface area contributed by atoms with Crippen LogP contribution in [0.5, 0.6) is 28.7 Å². The number of fused-ring (bicyclic) bond motifs is 2. The van der Waals surface area contributed by atoms with Gasteiger partial charge in [0.1, 0.15) is 51.4 Å². The van der Waals surface area contributed by atoms with Crippen LogP contribution in [-0.4, -0.2) is 31.5 Å². The first-order chi connectivity index (χ1) is 27.1. The highest BCUT2D eigenvalue weighted by Crippen LogP contribution is 2.45. The smallest absolute Gasteiger partial charge is 0.151 e. The van der Waals surface area contributed by atoms with Gasteiger partial charge in [0.2, 0.25) is 0 Å². The molecule has 0 atom stereocenters. The second kappa shape index (κ2) is 15.9. The van der Waals surface area contributed by atoms with E-state index in [1.807, 2.05) is 79.7 Å². The molecule has 7 aromatic rings. The quantitative estimate of drug-likeness (QED) is 0.112. The summed E-state index contributed by atoms with van der Waals surface area (Å²) < 4.78 is 16.8. The highest BCUT2D eigenvalue weighted by Gasteiger charge is 2.16. The number of hydrogen-bond acceptors (Lipinski definition) is 12. The summed E-state index contributed by atoms with van der Waals surface area (Å²) >= 11 is 0. The summed E-state index contributed by atoms with van der Waals surface area (Å²) in [5, 5.41) is 55.6. The fourth-order valence-corrected chi connectivity index (χ4v) is 6.38. The second-order valence-corrected chi connectivity index (χ2v) is 13.1. The molecule has 0 spiro atoms. The lowest BCUT2D eigenvalue weighted by molar-refractivity contribution is 0.404. The van der Waals surface area contributed by atoms with Crippen molar-refractivity contribution in [3.63, 3.8) is 0 Å². The third-order valence-corrected chi connectivity index (χ3v) is 9.30. The van der Waals surface area contributed by atoms with E-state index in [4.69, 9.17) is 14.2 Å². The molecule has 0 aromatic heterocycles. The molecular weight excluding hydrogens is 707 g/mol. The van der Waals surface area contributed by atoms with Gasteiger partial charge >= 0.3 is 0 Å². The lowest BCUT2D eigenvalue weighted by atomic mass is 10.0. The lowest BCUT2D eigenvalue weighted by Gasteiger charge is -2.11. The average molecular weight is 746 g/mol. The maximum atomic E-state index is 11.2. The molecule has 0 aliphatic carbocycles. The molecule has 0 heterocycles. The van der Waals surface area contributed by atoms with E-state index in [1.54, 1.807) is 12.1 Å². The van der Waals surface area contributed by atoms with Crippen LogP contribution in [0.2, 0.25) is 0 Å². The number of nitrogens with one attached hydrogen (secondary N) is 1. The Bertz CT molecular complexity index is 2700. The van der Waals surface area contributed by atoms with Gasteiger partial charge in [-0.3, -0.25) is 0 Å². The van der Waals surface area contributed by atoms with Gasteiger partial charge in [-0.05, 0) is 102 Å². The first-order valence-electron chi connectivity index (χ1n) is 17.7. The highest BCUT2D eigenvalue weighted by atomic mass is 16.5. The molecule has 0 saturated carbocycles. The summed E-state index contributed by atoms with van der Waals surface area (Å²) in [6.45, 7) is 5.95. The molecule has 3 N–H and O–H groups in total. The van der Waals surface area contributed by atoms with E-state index in [0.717, 1.165) is 33.3 Å². The molecular formula is C44H39N7O5. The molecule has 7 aromatic carbocycles. The molecule has 0 saturated heterocycles. The lowest BCUT2D eigenvalue weighted by Crippen LogP contribution is -1.90. The zero-order valence-corrected chi connectivity index (χ0v) is 31.7. The number of ether oxygens (including phenoxy) is 3. The Morgan fingerprint density at radius 3 is 1.77 bits per heavy atom. The van der Waals surface area contributed by atoms with Gasteiger partial charge in [0, 0.05) is 41.0 Å². The maximum Gasteiger partial charge on any atom is 0.151 e. The Balaban J connectivity index is 1.13. The maximum absolute atomic E-state index is 11.2. The predicted octanol–water partition coefficient (Wildman–Crippen LogP) is 13.3. The summed E-state index contributed by atoms with van der Waals surface area (Å²) in [4.78, 5) is 0. The first kappa shape index (κ1) is 37.0. The number of rotatable bonds is 11. The Hall–Kier alpha value is -7.34. The molecule has 12 nitrogen and oxygen atoms in total. The number of azo groups is 3. The largest absolute Gasteiger partial charge is 0.506 e. The predicted molar refractivity (Wildman–Crippen MR) is 220 cm³/mol. The number of phenols is 2. The number of aromatic hydroxyl groups is 2. The second-order valence-electron chi connectivity index (χ2n) is 13.1. The molecule has 12 heteroatoms. The minimum atomic E-state index is -0.225. The number of benzene rings is 7. The van der Waals surface area contributed by atoms with Crippen molar-refractivity contribution in [3.8, 4) is 28.7 Å². The third-order valence-electron chi connectivity index (χ3n) is 9.30. The molecule has 0 aliphatic rings. The molecule has 0 bridgehead atoms. The fraction of sp³-hybridized carbons (Fsp3) is 0.136. The van der Waals surface area contributed by atoms with E-state index < -0.39 is 0 Å². The zero-order chi connectivity index (χ0) is 39.3. The van der Waals surface area contributed by atoms with E-state index >= 15 is 0 Å². The molecule has 0 aliphatic heterocycles. The molecule has 0 unspecified atom stereocenters. The Morgan fingerprint density at radius 2 is 1.09 bits per heavy atom. The SMILES string of the molecule is COc1cc(N=Nc2cc(O)c(N=Nc3c(C)cc4cc(Nc5ccccc5)ccc4c3O)cc2OC)c(OC)cc1N=Nc1cc(C)c2cccc(C)c2c1. The van der Waals surface area contributed by atoms with Crippen molar-refractivity contribution in [1.29, 1.82) is 0 Å². The standard InChI is InChI=1S/C44H39N7O5/c1-25-11-10-14-32-26(2)18-31(20-34(25)32)46-48-37-23-42(56-6)38(24-41(37)55-5)50-49-36-21-39(52)35(22-40(36)54-4)47-51-43-27(3)17-28-19-30(15-16-33(28)44(43)53)45-29-12-8-7-9-13-29/h7-24,45,52-53H,1-6H3. The van der Waals surface area contributed by atoms with E-state index in [-0.39, 0.29) is 34.3 Å². The van der Waals surface area contributed by atoms with Crippen molar-refractivity contribution in [3.05, 3.63) is 126 Å². The van der Waals surface area contributed by atoms with Crippen molar-refractivity contribution in [2.75, 3.05) is 26.6 Å². The molecule has 7 rings (SSSR count). The number of hydrogen-bond donors (Lipinski definition) is 3. The van der Waals surface area contributed by atoms with Crippen LogP contribution in [0.25, 0.3) is 21.5 Å². The van der Waals surface area contributed by atoms with E-state index in [9.17, 15) is 10.2 Å². The van der Waals surface area contributed by atoms with Crippen molar-refractivity contribution in [1.82, 2.24) is 0 Å². The van der Waals surface area contributed by atoms with Gasteiger partial charge in [-0.2, -0.15) is 5.11 Å². The van der Waals surface area contributed by atoms with Crippen LogP contribution in [0.3, 0.4) is 0 Å². The monoisotopic (exact) mass is 745 g/mol. The van der Waals surface area contributed by atoms with Crippen molar-refractivity contribution in [2.45, 2.75) is 20.8 Å². The third kappa shape index (κ3) is 7.66. The minimum Gasteiger partial charge on any atom is -0.506 e. The Labute approximate surface area is 323 Å². The van der Waals surface area contributed by atoms with E-state index in [2.05, 4.69) is 62.0 Å². The Morgan fingerprint density at radius 1 is 0.464 bits per heavy atom. The molecule has 56 heavy (non-hydrogen) atoms. The molecule has 280 valence electrons. The van der Waals surface area contributed by atoms with Gasteiger partial charge in [0.15, 0.2) is 5.75 Å². The van der Waals surface area contributed by atoms with Gasteiger partial charge in [-0.1, -0.05) is 36.4 Å². The normalized spacial score (nSPS) is 11.7. The minimum absolute atomic E-state index is 0.0254. The van der Waals surface area contributed by atoms with Gasteiger partial charge < -0.3 is 29.7 Å². The van der Waals surface area contributed by atoms with Gasteiger partial charge in [-0.15, -0.1) is 25.6 Å². The zero-order valence-electron chi connectivity index (χ0n) is 31.7. The van der Waals surface area contributed by atoms with Crippen LogP contribution >= 0.6 is 0 Å². The van der Waals surface area contributed by atoms with Crippen molar-refractivity contribution in [2.24, 2.45) is 30.7 Å². The number of nitrogens with zero attached hydrogens (tertiary/aromatic N) is 6. The summed E-state index contributed by atoms with van der Waals surface area (Å²) in [5.74, 6) is 0.798. The van der Waals surface area contributed by atoms with E-state index in [0.29, 0.717) is 39.5 Å². The number of methoxy groups -OCH3 is 3. The number of anilines is 2. The summed E-state index contributed by atoms with van der Waals surface area (Å²) in [7, 11) is 4.51. The van der Waals surface area contributed by atoms with Crippen LogP contribution in [0.4, 0.5) is 45.5 Å². The Kier molecular flexibility index (Phi) is 10.5. The number of para-hydroxylation sites is 1. The van der Waals surface area contributed by atoms with Gasteiger partial charge in [0.05, 0.1) is 27.0 Å². The molecule has 0 radical (unpaired) electrons.